The lowest BCUT2D eigenvalue weighted by molar-refractivity contribution is 0.0960. The molecule has 2 N–H and O–H groups in total. The smallest absolute Gasteiger partial charge is 0.0297 e. The summed E-state index contributed by atoms with van der Waals surface area (Å²) >= 11 is 2.10. The Balaban J connectivity index is 1.85. The average Bonchev–Trinajstić information content (AvgIpc) is 2.29. The highest BCUT2D eigenvalue weighted by atomic mass is 32.2. The standard InChI is InChI=1S/C8H16N2S/c1-6-8(2-3-11-6)10-4-7(9)5-10/h6-8H,2-5,9H2,1H3. The molecule has 2 fully saturated rings. The Morgan fingerprint density at radius 1 is 1.45 bits per heavy atom. The summed E-state index contributed by atoms with van der Waals surface area (Å²) in [6, 6.07) is 1.30. The summed E-state index contributed by atoms with van der Waals surface area (Å²) in [4.78, 5) is 2.54. The molecule has 0 radical (unpaired) electrons. The molecule has 11 heavy (non-hydrogen) atoms. The molecular formula is C8H16N2S. The first kappa shape index (κ1) is 7.90. The Kier molecular flexibility index (Phi) is 2.12. The Morgan fingerprint density at radius 2 is 2.18 bits per heavy atom. The molecule has 2 aliphatic heterocycles. The largest absolute Gasteiger partial charge is 0.325 e. The van der Waals surface area contributed by atoms with E-state index in [-0.39, 0.29) is 0 Å². The first-order valence-corrected chi connectivity index (χ1v) is 5.43. The van der Waals surface area contributed by atoms with E-state index in [1.165, 1.54) is 12.2 Å². The van der Waals surface area contributed by atoms with E-state index >= 15 is 0 Å². The van der Waals surface area contributed by atoms with E-state index in [4.69, 9.17) is 5.73 Å². The van der Waals surface area contributed by atoms with Crippen molar-refractivity contribution in [2.24, 2.45) is 5.73 Å². The van der Waals surface area contributed by atoms with Crippen molar-refractivity contribution in [3.8, 4) is 0 Å². The second kappa shape index (κ2) is 2.96. The van der Waals surface area contributed by atoms with Gasteiger partial charge in [-0.2, -0.15) is 11.8 Å². The van der Waals surface area contributed by atoms with Crippen molar-refractivity contribution in [2.45, 2.75) is 30.7 Å². The van der Waals surface area contributed by atoms with Crippen molar-refractivity contribution in [1.82, 2.24) is 4.90 Å². The molecule has 3 heteroatoms. The molecule has 2 heterocycles. The van der Waals surface area contributed by atoms with Gasteiger partial charge in [0.15, 0.2) is 0 Å². The van der Waals surface area contributed by atoms with Gasteiger partial charge in [-0.05, 0) is 12.2 Å². The number of thioether (sulfide) groups is 1. The third-order valence-electron chi connectivity index (χ3n) is 2.74. The maximum Gasteiger partial charge on any atom is 0.0297 e. The molecule has 2 rings (SSSR count). The molecule has 0 aromatic carbocycles. The Labute approximate surface area is 72.5 Å². The van der Waals surface area contributed by atoms with E-state index in [9.17, 15) is 0 Å². The Morgan fingerprint density at radius 3 is 2.64 bits per heavy atom. The minimum Gasteiger partial charge on any atom is -0.325 e. The van der Waals surface area contributed by atoms with Gasteiger partial charge in [0.05, 0.1) is 0 Å². The topological polar surface area (TPSA) is 29.3 Å². The van der Waals surface area contributed by atoms with E-state index < -0.39 is 0 Å². The van der Waals surface area contributed by atoms with Crippen LogP contribution in [-0.4, -0.2) is 41.1 Å². The molecule has 0 spiro atoms. The average molecular weight is 172 g/mol. The third-order valence-corrected chi connectivity index (χ3v) is 4.05. The molecule has 2 unspecified atom stereocenters. The lowest BCUT2D eigenvalue weighted by Crippen LogP contribution is -2.60. The van der Waals surface area contributed by atoms with Gasteiger partial charge < -0.3 is 5.73 Å². The SMILES string of the molecule is CC1SCCC1N1CC(N)C1. The molecule has 0 amide bonds. The van der Waals surface area contributed by atoms with Gasteiger partial charge in [-0.1, -0.05) is 6.92 Å². The molecule has 0 aromatic rings. The van der Waals surface area contributed by atoms with Crippen LogP contribution >= 0.6 is 11.8 Å². The van der Waals surface area contributed by atoms with Crippen molar-refractivity contribution in [3.63, 3.8) is 0 Å². The van der Waals surface area contributed by atoms with Crippen LogP contribution in [0.5, 0.6) is 0 Å². The van der Waals surface area contributed by atoms with E-state index in [0.29, 0.717) is 6.04 Å². The predicted molar refractivity (Wildman–Crippen MR) is 49.9 cm³/mol. The first-order valence-electron chi connectivity index (χ1n) is 4.38. The molecule has 2 aliphatic rings. The number of rotatable bonds is 1. The van der Waals surface area contributed by atoms with Crippen LogP contribution in [0.2, 0.25) is 0 Å². The zero-order valence-corrected chi connectivity index (χ0v) is 7.81. The molecule has 0 saturated carbocycles. The predicted octanol–water partition coefficient (Wildman–Crippen LogP) is 0.523. The second-order valence-electron chi connectivity index (χ2n) is 3.65. The number of hydrogen-bond acceptors (Lipinski definition) is 3. The summed E-state index contributed by atoms with van der Waals surface area (Å²) in [5.74, 6) is 1.34. The lowest BCUT2D eigenvalue weighted by Gasteiger charge is -2.42. The molecule has 0 aliphatic carbocycles. The maximum atomic E-state index is 5.73. The Hall–Kier alpha value is 0.270. The summed E-state index contributed by atoms with van der Waals surface area (Å²) < 4.78 is 0. The molecule has 2 saturated heterocycles. The number of hydrogen-bond donors (Lipinski definition) is 1. The second-order valence-corrected chi connectivity index (χ2v) is 5.13. The van der Waals surface area contributed by atoms with Crippen molar-refractivity contribution < 1.29 is 0 Å². The maximum absolute atomic E-state index is 5.73. The van der Waals surface area contributed by atoms with E-state index in [1.807, 2.05) is 0 Å². The lowest BCUT2D eigenvalue weighted by atomic mass is 10.0. The zero-order valence-electron chi connectivity index (χ0n) is 6.99. The van der Waals surface area contributed by atoms with E-state index in [1.54, 1.807) is 0 Å². The fourth-order valence-corrected chi connectivity index (χ4v) is 3.30. The zero-order chi connectivity index (χ0) is 7.84. The first-order chi connectivity index (χ1) is 5.27. The van der Waals surface area contributed by atoms with Crippen LogP contribution in [-0.2, 0) is 0 Å². The normalized spacial score (nSPS) is 40.9. The molecule has 0 aromatic heterocycles. The minimum atomic E-state index is 0.466. The highest BCUT2D eigenvalue weighted by Crippen LogP contribution is 2.32. The summed E-state index contributed by atoms with van der Waals surface area (Å²) in [6.45, 7) is 4.61. The van der Waals surface area contributed by atoms with Gasteiger partial charge in [-0.15, -0.1) is 0 Å². The van der Waals surface area contributed by atoms with Crippen LogP contribution in [0.4, 0.5) is 0 Å². The number of likely N-dealkylation sites (tertiary alicyclic amines) is 1. The van der Waals surface area contributed by atoms with Gasteiger partial charge >= 0.3 is 0 Å². The van der Waals surface area contributed by atoms with Crippen LogP contribution in [0.15, 0.2) is 0 Å². The molecule has 2 atom stereocenters. The number of nitrogens with zero attached hydrogens (tertiary/aromatic N) is 1. The van der Waals surface area contributed by atoms with Gasteiger partial charge in [0.25, 0.3) is 0 Å². The van der Waals surface area contributed by atoms with Gasteiger partial charge in [0.1, 0.15) is 0 Å². The summed E-state index contributed by atoms with van der Waals surface area (Å²) in [5.41, 5.74) is 5.73. The molecule has 2 nitrogen and oxygen atoms in total. The molecule has 64 valence electrons. The van der Waals surface area contributed by atoms with Crippen molar-refractivity contribution in [2.75, 3.05) is 18.8 Å². The monoisotopic (exact) mass is 172 g/mol. The van der Waals surface area contributed by atoms with Crippen molar-refractivity contribution in [1.29, 1.82) is 0 Å². The van der Waals surface area contributed by atoms with Crippen molar-refractivity contribution >= 4 is 11.8 Å². The summed E-state index contributed by atoms with van der Waals surface area (Å²) in [6.07, 6.45) is 1.37. The summed E-state index contributed by atoms with van der Waals surface area (Å²) in [7, 11) is 0. The van der Waals surface area contributed by atoms with Gasteiger partial charge in [0.2, 0.25) is 0 Å². The van der Waals surface area contributed by atoms with Gasteiger partial charge in [0, 0.05) is 30.4 Å². The van der Waals surface area contributed by atoms with E-state index in [0.717, 1.165) is 24.4 Å². The van der Waals surface area contributed by atoms with E-state index in [2.05, 4.69) is 23.6 Å². The van der Waals surface area contributed by atoms with Crippen molar-refractivity contribution in [3.05, 3.63) is 0 Å². The van der Waals surface area contributed by atoms with Crippen LogP contribution in [0, 0.1) is 0 Å². The minimum absolute atomic E-state index is 0.466. The quantitative estimate of drug-likeness (QED) is 0.625. The van der Waals surface area contributed by atoms with Gasteiger partial charge in [-0.25, -0.2) is 0 Å². The third kappa shape index (κ3) is 1.42. The fraction of sp³-hybridized carbons (Fsp3) is 1.00. The van der Waals surface area contributed by atoms with Crippen LogP contribution in [0.3, 0.4) is 0 Å². The van der Waals surface area contributed by atoms with Crippen LogP contribution < -0.4 is 5.73 Å². The van der Waals surface area contributed by atoms with Crippen LogP contribution in [0.1, 0.15) is 13.3 Å². The highest BCUT2D eigenvalue weighted by molar-refractivity contribution is 8.00. The van der Waals surface area contributed by atoms with Crippen LogP contribution in [0.25, 0.3) is 0 Å². The highest BCUT2D eigenvalue weighted by Gasteiger charge is 2.35. The number of nitrogens with two attached hydrogens (primary N) is 1. The molecular weight excluding hydrogens is 156 g/mol. The fourth-order valence-electron chi connectivity index (χ4n) is 2.02. The Bertz CT molecular complexity index is 145. The van der Waals surface area contributed by atoms with Gasteiger partial charge in [-0.3, -0.25) is 4.90 Å². The summed E-state index contributed by atoms with van der Waals surface area (Å²) in [5, 5.41) is 0.836. The molecule has 0 bridgehead atoms.